The lowest BCUT2D eigenvalue weighted by atomic mass is 9.96. The maximum Gasteiger partial charge on any atom is 0.261 e. The van der Waals surface area contributed by atoms with Gasteiger partial charge in [-0.25, -0.2) is 0 Å². The van der Waals surface area contributed by atoms with Crippen LogP contribution in [-0.2, 0) is 6.54 Å². The summed E-state index contributed by atoms with van der Waals surface area (Å²) in [6.07, 6.45) is 3.49. The van der Waals surface area contributed by atoms with E-state index in [4.69, 9.17) is 0 Å². The molecular formula is C20H25N3O2S. The molecule has 1 fully saturated rings. The summed E-state index contributed by atoms with van der Waals surface area (Å²) in [5.74, 6) is 0.556. The molecule has 1 atom stereocenters. The fraction of sp³-hybridized carbons (Fsp3) is 0.400. The molecule has 2 heterocycles. The molecule has 1 unspecified atom stereocenters. The first-order valence-electron chi connectivity index (χ1n) is 9.12. The predicted octanol–water partition coefficient (Wildman–Crippen LogP) is 2.80. The molecule has 138 valence electrons. The second kappa shape index (κ2) is 9.50. The summed E-state index contributed by atoms with van der Waals surface area (Å²) in [6.45, 7) is 3.34. The quantitative estimate of drug-likeness (QED) is 0.701. The van der Waals surface area contributed by atoms with Crippen molar-refractivity contribution in [2.75, 3.05) is 19.6 Å². The monoisotopic (exact) mass is 371 g/mol. The highest BCUT2D eigenvalue weighted by atomic mass is 32.1. The van der Waals surface area contributed by atoms with Gasteiger partial charge in [-0.3, -0.25) is 9.59 Å². The highest BCUT2D eigenvalue weighted by Crippen LogP contribution is 2.13. The minimum atomic E-state index is -0.0703. The van der Waals surface area contributed by atoms with Crippen molar-refractivity contribution in [3.63, 3.8) is 0 Å². The molecule has 3 rings (SSSR count). The van der Waals surface area contributed by atoms with Crippen molar-refractivity contribution in [3.8, 4) is 0 Å². The van der Waals surface area contributed by atoms with Crippen LogP contribution in [0.1, 0.15) is 44.9 Å². The van der Waals surface area contributed by atoms with Gasteiger partial charge in [-0.15, -0.1) is 11.3 Å². The number of piperidine rings is 1. The van der Waals surface area contributed by atoms with Gasteiger partial charge in [-0.2, -0.15) is 0 Å². The second-order valence-corrected chi connectivity index (χ2v) is 7.56. The smallest absolute Gasteiger partial charge is 0.261 e. The minimum Gasteiger partial charge on any atom is -0.352 e. The summed E-state index contributed by atoms with van der Waals surface area (Å²) < 4.78 is 0. The Bertz CT molecular complexity index is 707. The number of nitrogens with one attached hydrogen (secondary N) is 3. The van der Waals surface area contributed by atoms with Crippen LogP contribution in [0.5, 0.6) is 0 Å². The maximum atomic E-state index is 12.2. The summed E-state index contributed by atoms with van der Waals surface area (Å²) in [6, 6.07) is 11.0. The summed E-state index contributed by atoms with van der Waals surface area (Å²) >= 11 is 1.42. The SMILES string of the molecule is O=C(NCCC1CCCNC1)c1ccc(CNC(=O)c2cccs2)cc1. The summed E-state index contributed by atoms with van der Waals surface area (Å²) in [7, 11) is 0. The molecule has 0 saturated carbocycles. The highest BCUT2D eigenvalue weighted by molar-refractivity contribution is 7.12. The van der Waals surface area contributed by atoms with E-state index in [0.717, 1.165) is 25.1 Å². The Morgan fingerprint density at radius 2 is 1.96 bits per heavy atom. The Labute approximate surface area is 158 Å². The zero-order valence-corrected chi connectivity index (χ0v) is 15.6. The van der Waals surface area contributed by atoms with Gasteiger partial charge in [0.15, 0.2) is 0 Å². The van der Waals surface area contributed by atoms with E-state index < -0.39 is 0 Å². The third-order valence-electron chi connectivity index (χ3n) is 4.65. The Morgan fingerprint density at radius 3 is 2.65 bits per heavy atom. The first-order chi connectivity index (χ1) is 12.7. The lowest BCUT2D eigenvalue weighted by Gasteiger charge is -2.22. The van der Waals surface area contributed by atoms with Crippen LogP contribution in [0.3, 0.4) is 0 Å². The number of hydrogen-bond acceptors (Lipinski definition) is 4. The highest BCUT2D eigenvalue weighted by Gasteiger charge is 2.13. The standard InChI is InChI=1S/C20H25N3O2S/c24-19(22-11-9-15-3-1-10-21-13-15)17-7-5-16(6-8-17)14-23-20(25)18-4-2-12-26-18/h2,4-8,12,15,21H,1,3,9-11,13-14H2,(H,22,24)(H,23,25). The van der Waals surface area contributed by atoms with E-state index in [1.165, 1.54) is 24.2 Å². The van der Waals surface area contributed by atoms with Crippen molar-refractivity contribution in [1.29, 1.82) is 0 Å². The molecule has 2 aromatic rings. The Balaban J connectivity index is 1.41. The summed E-state index contributed by atoms with van der Waals surface area (Å²) in [4.78, 5) is 24.9. The van der Waals surface area contributed by atoms with Crippen molar-refractivity contribution < 1.29 is 9.59 Å². The molecule has 0 radical (unpaired) electrons. The molecule has 1 aliphatic rings. The first-order valence-corrected chi connectivity index (χ1v) is 10.00. The fourth-order valence-corrected chi connectivity index (χ4v) is 3.75. The second-order valence-electron chi connectivity index (χ2n) is 6.61. The number of rotatable bonds is 7. The number of thiophene rings is 1. The predicted molar refractivity (Wildman–Crippen MR) is 104 cm³/mol. The molecular weight excluding hydrogens is 346 g/mol. The molecule has 5 nitrogen and oxygen atoms in total. The van der Waals surface area contributed by atoms with E-state index in [-0.39, 0.29) is 11.8 Å². The van der Waals surface area contributed by atoms with Gasteiger partial charge in [0.25, 0.3) is 11.8 Å². The molecule has 0 aliphatic carbocycles. The van der Waals surface area contributed by atoms with Crippen molar-refractivity contribution in [3.05, 3.63) is 57.8 Å². The van der Waals surface area contributed by atoms with Crippen LogP contribution in [0, 0.1) is 5.92 Å². The molecule has 0 spiro atoms. The minimum absolute atomic E-state index is 0.0389. The van der Waals surface area contributed by atoms with Gasteiger partial charge < -0.3 is 16.0 Å². The van der Waals surface area contributed by atoms with Crippen molar-refractivity contribution >= 4 is 23.2 Å². The maximum absolute atomic E-state index is 12.2. The Hall–Kier alpha value is -2.18. The van der Waals surface area contributed by atoms with E-state index in [1.54, 1.807) is 6.07 Å². The van der Waals surface area contributed by atoms with E-state index in [9.17, 15) is 9.59 Å². The van der Waals surface area contributed by atoms with Crippen LogP contribution >= 0.6 is 11.3 Å². The van der Waals surface area contributed by atoms with Crippen LogP contribution in [0.4, 0.5) is 0 Å². The number of hydrogen-bond donors (Lipinski definition) is 3. The zero-order chi connectivity index (χ0) is 18.2. The Kier molecular flexibility index (Phi) is 6.80. The van der Waals surface area contributed by atoms with E-state index in [1.807, 2.05) is 35.7 Å². The molecule has 1 aliphatic heterocycles. The largest absolute Gasteiger partial charge is 0.352 e. The van der Waals surface area contributed by atoms with Gasteiger partial charge in [-0.1, -0.05) is 18.2 Å². The normalized spacial score (nSPS) is 16.8. The molecule has 26 heavy (non-hydrogen) atoms. The van der Waals surface area contributed by atoms with Crippen LogP contribution in [0.25, 0.3) is 0 Å². The van der Waals surface area contributed by atoms with Gasteiger partial charge in [0.05, 0.1) is 4.88 Å². The number of carbonyl (C=O) groups is 2. The van der Waals surface area contributed by atoms with Crippen LogP contribution in [0.2, 0.25) is 0 Å². The van der Waals surface area contributed by atoms with Crippen LogP contribution in [0.15, 0.2) is 41.8 Å². The van der Waals surface area contributed by atoms with Gasteiger partial charge in [0, 0.05) is 18.7 Å². The number of carbonyl (C=O) groups excluding carboxylic acids is 2. The van der Waals surface area contributed by atoms with E-state index in [0.29, 0.717) is 29.4 Å². The average Bonchev–Trinajstić information content (AvgIpc) is 3.22. The van der Waals surface area contributed by atoms with Crippen molar-refractivity contribution in [2.24, 2.45) is 5.92 Å². The van der Waals surface area contributed by atoms with Gasteiger partial charge in [0.2, 0.25) is 0 Å². The molecule has 2 amide bonds. The van der Waals surface area contributed by atoms with Gasteiger partial charge in [0.1, 0.15) is 0 Å². The lowest BCUT2D eigenvalue weighted by Crippen LogP contribution is -2.33. The van der Waals surface area contributed by atoms with Gasteiger partial charge >= 0.3 is 0 Å². The lowest BCUT2D eigenvalue weighted by molar-refractivity contribution is 0.0943. The van der Waals surface area contributed by atoms with Crippen molar-refractivity contribution in [2.45, 2.75) is 25.8 Å². The van der Waals surface area contributed by atoms with Crippen LogP contribution in [-0.4, -0.2) is 31.4 Å². The third kappa shape index (κ3) is 5.41. The topological polar surface area (TPSA) is 70.2 Å². The van der Waals surface area contributed by atoms with Gasteiger partial charge in [-0.05, 0) is 67.4 Å². The zero-order valence-electron chi connectivity index (χ0n) is 14.8. The third-order valence-corrected chi connectivity index (χ3v) is 5.52. The molecule has 6 heteroatoms. The summed E-state index contributed by atoms with van der Waals surface area (Å²) in [5, 5.41) is 11.2. The van der Waals surface area contributed by atoms with Crippen molar-refractivity contribution in [1.82, 2.24) is 16.0 Å². The molecule has 0 bridgehead atoms. The molecule has 1 aromatic heterocycles. The molecule has 1 saturated heterocycles. The molecule has 1 aromatic carbocycles. The van der Waals surface area contributed by atoms with E-state index in [2.05, 4.69) is 16.0 Å². The Morgan fingerprint density at radius 1 is 1.12 bits per heavy atom. The first kappa shape index (κ1) is 18.6. The average molecular weight is 372 g/mol. The molecule has 3 N–H and O–H groups in total. The van der Waals surface area contributed by atoms with E-state index >= 15 is 0 Å². The van der Waals surface area contributed by atoms with Crippen LogP contribution < -0.4 is 16.0 Å². The fourth-order valence-electron chi connectivity index (χ4n) is 3.11. The number of amides is 2. The number of benzene rings is 1. The summed E-state index contributed by atoms with van der Waals surface area (Å²) in [5.41, 5.74) is 1.62.